The Labute approximate surface area is 163 Å². The number of hydrogen-bond donors (Lipinski definition) is 0. The number of ketones is 1. The molecule has 4 nitrogen and oxygen atoms in total. The van der Waals surface area contributed by atoms with Crippen LogP contribution in [-0.4, -0.2) is 10.4 Å². The first-order valence-electron chi connectivity index (χ1n) is 8.62. The van der Waals surface area contributed by atoms with Crippen LogP contribution < -0.4 is 10.3 Å². The lowest BCUT2D eigenvalue weighted by atomic mass is 10.1. The number of hydrogen-bond acceptors (Lipinski definition) is 3. The molecular weight excluding hydrogens is 362 g/mol. The van der Waals surface area contributed by atoms with E-state index in [0.29, 0.717) is 23.0 Å². The zero-order valence-electron chi connectivity index (χ0n) is 15.2. The van der Waals surface area contributed by atoms with Crippen LogP contribution in [0.4, 0.5) is 0 Å². The summed E-state index contributed by atoms with van der Waals surface area (Å²) in [5.41, 5.74) is 2.28. The van der Waals surface area contributed by atoms with Gasteiger partial charge in [0.05, 0.1) is 6.54 Å². The summed E-state index contributed by atoms with van der Waals surface area (Å²) in [6.45, 7) is 3.83. The number of aryl methyl sites for hydroxylation is 1. The highest BCUT2D eigenvalue weighted by Gasteiger charge is 2.18. The molecular formula is C22H20ClNO3. The van der Waals surface area contributed by atoms with Gasteiger partial charge in [0.1, 0.15) is 17.9 Å². The Kier molecular flexibility index (Phi) is 5.77. The van der Waals surface area contributed by atoms with Crippen molar-refractivity contribution >= 4 is 17.4 Å². The molecule has 0 N–H and O–H groups in total. The molecule has 0 aliphatic rings. The van der Waals surface area contributed by atoms with Gasteiger partial charge >= 0.3 is 0 Å². The Balaban J connectivity index is 1.96. The van der Waals surface area contributed by atoms with Crippen molar-refractivity contribution in [3.05, 3.63) is 98.4 Å². The minimum atomic E-state index is -0.356. The summed E-state index contributed by atoms with van der Waals surface area (Å²) in [6, 6.07) is 18.7. The predicted molar refractivity (Wildman–Crippen MR) is 107 cm³/mol. The summed E-state index contributed by atoms with van der Waals surface area (Å²) in [7, 11) is 0. The Bertz CT molecular complexity index is 1030. The average molecular weight is 382 g/mol. The maximum Gasteiger partial charge on any atom is 0.265 e. The van der Waals surface area contributed by atoms with Gasteiger partial charge in [-0.1, -0.05) is 54.1 Å². The summed E-state index contributed by atoms with van der Waals surface area (Å²) in [6.07, 6.45) is 0. The minimum absolute atomic E-state index is 0.0681. The lowest BCUT2D eigenvalue weighted by Crippen LogP contribution is -2.28. The zero-order valence-corrected chi connectivity index (χ0v) is 16.0. The fourth-order valence-corrected chi connectivity index (χ4v) is 3.14. The molecule has 0 unspecified atom stereocenters. The third kappa shape index (κ3) is 4.47. The first kappa shape index (κ1) is 18.9. The predicted octanol–water partition coefficient (Wildman–Crippen LogP) is 4.64. The van der Waals surface area contributed by atoms with Gasteiger partial charge in [0, 0.05) is 16.8 Å². The maximum absolute atomic E-state index is 13.0. The van der Waals surface area contributed by atoms with Crippen molar-refractivity contribution in [1.82, 2.24) is 4.57 Å². The molecule has 0 atom stereocenters. The van der Waals surface area contributed by atoms with Crippen molar-refractivity contribution in [3.63, 3.8) is 0 Å². The monoisotopic (exact) mass is 381 g/mol. The van der Waals surface area contributed by atoms with Crippen LogP contribution in [0.15, 0.2) is 65.5 Å². The van der Waals surface area contributed by atoms with Crippen molar-refractivity contribution in [2.45, 2.75) is 27.0 Å². The molecule has 0 spiro atoms. The second kappa shape index (κ2) is 8.23. The summed E-state index contributed by atoms with van der Waals surface area (Å²) >= 11 is 6.04. The van der Waals surface area contributed by atoms with E-state index in [1.807, 2.05) is 49.4 Å². The average Bonchev–Trinajstić information content (AvgIpc) is 2.64. The molecule has 0 fully saturated rings. The van der Waals surface area contributed by atoms with Crippen LogP contribution in [0.3, 0.4) is 0 Å². The van der Waals surface area contributed by atoms with Gasteiger partial charge in [0.2, 0.25) is 0 Å². The summed E-state index contributed by atoms with van der Waals surface area (Å²) in [5.74, 6) is -0.000831. The highest BCUT2D eigenvalue weighted by Crippen LogP contribution is 2.20. The number of aromatic nitrogens is 1. The topological polar surface area (TPSA) is 48.3 Å². The third-order valence-electron chi connectivity index (χ3n) is 4.29. The fourth-order valence-electron chi connectivity index (χ4n) is 2.93. The van der Waals surface area contributed by atoms with Crippen molar-refractivity contribution in [2.24, 2.45) is 0 Å². The van der Waals surface area contributed by atoms with Gasteiger partial charge in [-0.2, -0.15) is 0 Å². The van der Waals surface area contributed by atoms with E-state index in [1.165, 1.54) is 6.92 Å². The van der Waals surface area contributed by atoms with Gasteiger partial charge < -0.3 is 9.30 Å². The second-order valence-corrected chi connectivity index (χ2v) is 6.81. The Morgan fingerprint density at radius 2 is 1.74 bits per heavy atom. The van der Waals surface area contributed by atoms with Crippen molar-refractivity contribution in [2.75, 3.05) is 0 Å². The quantitative estimate of drug-likeness (QED) is 0.584. The van der Waals surface area contributed by atoms with E-state index in [9.17, 15) is 9.59 Å². The summed E-state index contributed by atoms with van der Waals surface area (Å²) < 4.78 is 7.38. The lowest BCUT2D eigenvalue weighted by Gasteiger charge is -2.16. The number of rotatable bonds is 6. The number of halogens is 1. The molecule has 1 aromatic heterocycles. The molecule has 1 heterocycles. The largest absolute Gasteiger partial charge is 0.488 e. The Morgan fingerprint density at radius 3 is 2.41 bits per heavy atom. The number of benzene rings is 2. The normalized spacial score (nSPS) is 10.6. The van der Waals surface area contributed by atoms with E-state index < -0.39 is 0 Å². The standard InChI is InChI=1S/C22H20ClNO3/c1-15-11-20(27-14-17-7-4-3-5-8-17)21(16(2)25)22(26)24(15)13-18-9-6-10-19(23)12-18/h3-12H,13-14H2,1-2H3. The zero-order chi connectivity index (χ0) is 19.4. The van der Waals surface area contributed by atoms with Gasteiger partial charge in [0.25, 0.3) is 5.56 Å². The first-order chi connectivity index (χ1) is 13.0. The van der Waals surface area contributed by atoms with Gasteiger partial charge in [-0.15, -0.1) is 0 Å². The van der Waals surface area contributed by atoms with Crippen LogP contribution >= 0.6 is 11.6 Å². The number of carbonyl (C=O) groups excluding carboxylic acids is 1. The molecule has 0 radical (unpaired) electrons. The molecule has 138 valence electrons. The van der Waals surface area contributed by atoms with Crippen LogP contribution in [0.5, 0.6) is 5.75 Å². The number of carbonyl (C=O) groups is 1. The molecule has 0 amide bonds. The van der Waals surface area contributed by atoms with Crippen molar-refractivity contribution < 1.29 is 9.53 Å². The van der Waals surface area contributed by atoms with Crippen molar-refractivity contribution in [3.8, 4) is 5.75 Å². The van der Waals surface area contributed by atoms with Gasteiger partial charge in [-0.25, -0.2) is 0 Å². The van der Waals surface area contributed by atoms with Gasteiger partial charge in [0.15, 0.2) is 5.78 Å². The van der Waals surface area contributed by atoms with Crippen LogP contribution in [0, 0.1) is 6.92 Å². The van der Waals surface area contributed by atoms with Gasteiger partial charge in [-0.05, 0) is 37.1 Å². The van der Waals surface area contributed by atoms with Gasteiger partial charge in [-0.3, -0.25) is 9.59 Å². The molecule has 0 saturated heterocycles. The van der Waals surface area contributed by atoms with E-state index in [4.69, 9.17) is 16.3 Å². The lowest BCUT2D eigenvalue weighted by molar-refractivity contribution is 0.101. The molecule has 3 rings (SSSR count). The molecule has 0 aliphatic carbocycles. The second-order valence-electron chi connectivity index (χ2n) is 6.38. The summed E-state index contributed by atoms with van der Waals surface area (Å²) in [4.78, 5) is 25.1. The van der Waals surface area contributed by atoms with E-state index >= 15 is 0 Å². The van der Waals surface area contributed by atoms with Crippen LogP contribution in [0.25, 0.3) is 0 Å². The van der Waals surface area contributed by atoms with Crippen LogP contribution in [0.1, 0.15) is 34.1 Å². The molecule has 2 aromatic carbocycles. The highest BCUT2D eigenvalue weighted by atomic mass is 35.5. The Morgan fingerprint density at radius 1 is 1.04 bits per heavy atom. The molecule has 5 heteroatoms. The Hall–Kier alpha value is -2.85. The van der Waals surface area contributed by atoms with Crippen molar-refractivity contribution in [1.29, 1.82) is 0 Å². The number of pyridine rings is 1. The van der Waals surface area contributed by atoms with E-state index in [2.05, 4.69) is 0 Å². The van der Waals surface area contributed by atoms with E-state index in [1.54, 1.807) is 22.8 Å². The molecule has 0 saturated carbocycles. The number of ether oxygens (including phenoxy) is 1. The molecule has 3 aromatic rings. The van der Waals surface area contributed by atoms with E-state index in [-0.39, 0.29) is 23.5 Å². The molecule has 0 aliphatic heterocycles. The SMILES string of the molecule is CC(=O)c1c(OCc2ccccc2)cc(C)n(Cc2cccc(Cl)c2)c1=O. The maximum atomic E-state index is 13.0. The molecule has 0 bridgehead atoms. The number of Topliss-reactive ketones (excluding diaryl/α,β-unsaturated/α-hetero) is 1. The van der Waals surface area contributed by atoms with Crippen LogP contribution in [0.2, 0.25) is 5.02 Å². The molecule has 27 heavy (non-hydrogen) atoms. The summed E-state index contributed by atoms with van der Waals surface area (Å²) in [5, 5.41) is 0.604. The third-order valence-corrected chi connectivity index (χ3v) is 4.53. The minimum Gasteiger partial charge on any atom is -0.488 e. The smallest absolute Gasteiger partial charge is 0.265 e. The highest BCUT2D eigenvalue weighted by molar-refractivity contribution is 6.30. The first-order valence-corrected chi connectivity index (χ1v) is 9.00. The van der Waals surface area contributed by atoms with E-state index in [0.717, 1.165) is 11.1 Å². The fraction of sp³-hybridized carbons (Fsp3) is 0.182. The van der Waals surface area contributed by atoms with Crippen LogP contribution in [-0.2, 0) is 13.2 Å². The number of nitrogens with zero attached hydrogens (tertiary/aromatic N) is 1.